The van der Waals surface area contributed by atoms with Crippen LogP contribution in [0.1, 0.15) is 49.1 Å². The Kier molecular flexibility index (Phi) is 6.72. The molecule has 0 radical (unpaired) electrons. The summed E-state index contributed by atoms with van der Waals surface area (Å²) in [4.78, 5) is 28.5. The molecule has 1 saturated heterocycles. The summed E-state index contributed by atoms with van der Waals surface area (Å²) in [6, 6.07) is 17.0. The van der Waals surface area contributed by atoms with Gasteiger partial charge in [-0.05, 0) is 59.0 Å². The lowest BCUT2D eigenvalue weighted by molar-refractivity contribution is -0.140. The molecule has 0 bridgehead atoms. The van der Waals surface area contributed by atoms with Gasteiger partial charge in [0, 0.05) is 17.7 Å². The van der Waals surface area contributed by atoms with E-state index < -0.39 is 17.7 Å². The van der Waals surface area contributed by atoms with Crippen LogP contribution in [0.5, 0.6) is 23.0 Å². The van der Waals surface area contributed by atoms with Gasteiger partial charge in [0.1, 0.15) is 17.3 Å². The molecule has 8 nitrogen and oxygen atoms in total. The van der Waals surface area contributed by atoms with E-state index in [0.29, 0.717) is 34.1 Å². The fourth-order valence-electron chi connectivity index (χ4n) is 5.03. The van der Waals surface area contributed by atoms with Crippen molar-refractivity contribution in [3.63, 3.8) is 0 Å². The zero-order chi connectivity index (χ0) is 27.9. The number of ketones is 1. The quantitative estimate of drug-likeness (QED) is 0.261. The van der Waals surface area contributed by atoms with Gasteiger partial charge in [-0.1, -0.05) is 39.0 Å². The number of nitrogens with zero attached hydrogens (tertiary/aromatic N) is 1. The molecule has 2 aliphatic heterocycles. The van der Waals surface area contributed by atoms with E-state index in [1.165, 1.54) is 4.90 Å². The molecule has 0 saturated carbocycles. The Morgan fingerprint density at radius 2 is 1.74 bits per heavy atom. The van der Waals surface area contributed by atoms with Crippen molar-refractivity contribution in [3.8, 4) is 23.0 Å². The number of Topliss-reactive ketones (excluding diaryl/α,β-unsaturated/α-hetero) is 1. The van der Waals surface area contributed by atoms with Crippen LogP contribution < -0.4 is 18.9 Å². The molecule has 1 fully saturated rings. The van der Waals surface area contributed by atoms with Gasteiger partial charge in [0.2, 0.25) is 6.79 Å². The van der Waals surface area contributed by atoms with Crippen molar-refractivity contribution in [2.24, 2.45) is 0 Å². The molecule has 0 aliphatic carbocycles. The van der Waals surface area contributed by atoms with Gasteiger partial charge in [-0.25, -0.2) is 0 Å². The number of carbonyl (C=O) groups excluding carboxylic acids is 2. The van der Waals surface area contributed by atoms with Gasteiger partial charge in [0.25, 0.3) is 11.7 Å². The van der Waals surface area contributed by atoms with Gasteiger partial charge >= 0.3 is 0 Å². The molecule has 5 rings (SSSR count). The van der Waals surface area contributed by atoms with Gasteiger partial charge in [-0.15, -0.1) is 0 Å². The number of hydrogen-bond acceptors (Lipinski definition) is 7. The number of rotatable bonds is 6. The molecule has 0 aromatic heterocycles. The van der Waals surface area contributed by atoms with E-state index in [4.69, 9.17) is 18.9 Å². The standard InChI is InChI=1S/C31H31NO7/c1-31(2,3)22-15-20(10-12-23(22)37-5)28(33)26-27(19-7-6-8-21(14-19)36-4)32(30(35)29(26)34)16-18-9-11-24-25(13-18)39-17-38-24/h6-15,27,33H,16-17H2,1-5H3/b28-26+. The fraction of sp³-hybridized carbons (Fsp3) is 0.290. The molecule has 202 valence electrons. The Balaban J connectivity index is 1.65. The summed E-state index contributed by atoms with van der Waals surface area (Å²) in [6.45, 7) is 6.36. The lowest BCUT2D eigenvalue weighted by Crippen LogP contribution is -2.29. The number of aliphatic hydroxyl groups is 1. The van der Waals surface area contributed by atoms with E-state index >= 15 is 0 Å². The molecule has 2 heterocycles. The highest BCUT2D eigenvalue weighted by atomic mass is 16.7. The lowest BCUT2D eigenvalue weighted by atomic mass is 9.84. The lowest BCUT2D eigenvalue weighted by Gasteiger charge is -2.26. The number of methoxy groups -OCH3 is 2. The molecule has 3 aromatic carbocycles. The van der Waals surface area contributed by atoms with E-state index in [1.807, 2.05) is 39.0 Å². The predicted octanol–water partition coefficient (Wildman–Crippen LogP) is 5.35. The SMILES string of the molecule is COc1cccc(C2/C(=C(\O)c3ccc(OC)c(C(C)(C)C)c3)C(=O)C(=O)N2Cc2ccc3c(c2)OCO3)c1. The molecule has 1 atom stereocenters. The van der Waals surface area contributed by atoms with Crippen LogP contribution >= 0.6 is 0 Å². The molecular weight excluding hydrogens is 498 g/mol. The summed E-state index contributed by atoms with van der Waals surface area (Å²) in [6.07, 6.45) is 0. The minimum Gasteiger partial charge on any atom is -0.507 e. The Morgan fingerprint density at radius 3 is 2.46 bits per heavy atom. The van der Waals surface area contributed by atoms with Crippen LogP contribution in [0.4, 0.5) is 0 Å². The molecular formula is C31H31NO7. The highest BCUT2D eigenvalue weighted by molar-refractivity contribution is 6.46. The Morgan fingerprint density at radius 1 is 0.974 bits per heavy atom. The minimum absolute atomic E-state index is 0.0130. The molecule has 0 spiro atoms. The minimum atomic E-state index is -0.842. The van der Waals surface area contributed by atoms with E-state index in [1.54, 1.807) is 56.7 Å². The summed E-state index contributed by atoms with van der Waals surface area (Å²) >= 11 is 0. The maximum atomic E-state index is 13.5. The number of likely N-dealkylation sites (tertiary alicyclic amines) is 1. The largest absolute Gasteiger partial charge is 0.507 e. The van der Waals surface area contributed by atoms with Gasteiger partial charge < -0.3 is 29.0 Å². The van der Waals surface area contributed by atoms with Gasteiger partial charge in [0.05, 0.1) is 25.8 Å². The molecule has 3 aromatic rings. The van der Waals surface area contributed by atoms with Crippen molar-refractivity contribution >= 4 is 17.4 Å². The third-order valence-corrected chi connectivity index (χ3v) is 7.02. The second-order valence-electron chi connectivity index (χ2n) is 10.6. The van der Waals surface area contributed by atoms with E-state index in [0.717, 1.165) is 11.1 Å². The molecule has 39 heavy (non-hydrogen) atoms. The van der Waals surface area contributed by atoms with E-state index in [9.17, 15) is 14.7 Å². The number of aliphatic hydroxyl groups excluding tert-OH is 1. The Bertz CT molecular complexity index is 1480. The fourth-order valence-corrected chi connectivity index (χ4v) is 5.03. The second kappa shape index (κ2) is 10.0. The number of fused-ring (bicyclic) bond motifs is 1. The third-order valence-electron chi connectivity index (χ3n) is 7.02. The number of benzene rings is 3. The maximum Gasteiger partial charge on any atom is 0.295 e. The van der Waals surface area contributed by atoms with Crippen LogP contribution in [0.15, 0.2) is 66.2 Å². The second-order valence-corrected chi connectivity index (χ2v) is 10.6. The van der Waals surface area contributed by atoms with Crippen molar-refractivity contribution in [2.75, 3.05) is 21.0 Å². The van der Waals surface area contributed by atoms with Crippen LogP contribution in [0.2, 0.25) is 0 Å². The van der Waals surface area contributed by atoms with Crippen molar-refractivity contribution in [1.82, 2.24) is 4.90 Å². The first kappa shape index (κ1) is 26.2. The van der Waals surface area contributed by atoms with Gasteiger partial charge in [0.15, 0.2) is 11.5 Å². The first-order valence-corrected chi connectivity index (χ1v) is 12.6. The summed E-state index contributed by atoms with van der Waals surface area (Å²) < 4.78 is 21.9. The Labute approximate surface area is 227 Å². The molecule has 2 aliphatic rings. The van der Waals surface area contributed by atoms with Crippen LogP contribution in [0.3, 0.4) is 0 Å². The first-order valence-electron chi connectivity index (χ1n) is 12.6. The number of ether oxygens (including phenoxy) is 4. The zero-order valence-electron chi connectivity index (χ0n) is 22.6. The average Bonchev–Trinajstić information content (AvgIpc) is 3.49. The van der Waals surface area contributed by atoms with E-state index in [2.05, 4.69) is 0 Å². The number of amides is 1. The van der Waals surface area contributed by atoms with Crippen LogP contribution in [-0.2, 0) is 21.5 Å². The van der Waals surface area contributed by atoms with Gasteiger partial charge in [-0.2, -0.15) is 0 Å². The average molecular weight is 530 g/mol. The van der Waals surface area contributed by atoms with Gasteiger partial charge in [-0.3, -0.25) is 9.59 Å². The van der Waals surface area contributed by atoms with Crippen molar-refractivity contribution < 1.29 is 33.6 Å². The Hall–Kier alpha value is -4.46. The summed E-state index contributed by atoms with van der Waals surface area (Å²) in [5.41, 5.74) is 2.41. The highest BCUT2D eigenvalue weighted by Crippen LogP contribution is 2.43. The molecule has 1 amide bonds. The third kappa shape index (κ3) is 4.78. The normalized spacial score (nSPS) is 18.0. The topological polar surface area (TPSA) is 94.5 Å². The molecule has 1 unspecified atom stereocenters. The van der Waals surface area contributed by atoms with Crippen LogP contribution in [-0.4, -0.2) is 42.7 Å². The van der Waals surface area contributed by atoms with Crippen molar-refractivity contribution in [1.29, 1.82) is 0 Å². The predicted molar refractivity (Wildman–Crippen MR) is 145 cm³/mol. The monoisotopic (exact) mass is 529 g/mol. The van der Waals surface area contributed by atoms with Crippen LogP contribution in [0.25, 0.3) is 5.76 Å². The first-order chi connectivity index (χ1) is 18.6. The highest BCUT2D eigenvalue weighted by Gasteiger charge is 2.46. The summed E-state index contributed by atoms with van der Waals surface area (Å²) in [7, 11) is 3.14. The maximum absolute atomic E-state index is 13.5. The van der Waals surface area contributed by atoms with Crippen molar-refractivity contribution in [2.45, 2.75) is 38.8 Å². The number of hydrogen-bond donors (Lipinski definition) is 1. The van der Waals surface area contributed by atoms with Crippen molar-refractivity contribution in [3.05, 3.63) is 88.5 Å². The summed E-state index contributed by atoms with van der Waals surface area (Å²) in [5, 5.41) is 11.6. The zero-order valence-corrected chi connectivity index (χ0v) is 22.6. The van der Waals surface area contributed by atoms with E-state index in [-0.39, 0.29) is 30.1 Å². The molecule has 8 heteroatoms. The number of carbonyl (C=O) groups is 2. The summed E-state index contributed by atoms with van der Waals surface area (Å²) in [5.74, 6) is 0.741. The van der Waals surface area contributed by atoms with Crippen LogP contribution in [0, 0.1) is 0 Å². The smallest absolute Gasteiger partial charge is 0.295 e. The molecule has 1 N–H and O–H groups in total.